The molecular formula is C8H15ClN6O4. The minimum atomic E-state index is -1.31. The molecule has 2 heterocycles. The van der Waals surface area contributed by atoms with E-state index in [9.17, 15) is 10.2 Å². The van der Waals surface area contributed by atoms with E-state index in [0.717, 1.165) is 4.68 Å². The molecule has 0 unspecified atom stereocenters. The molecule has 2 rings (SSSR count). The Morgan fingerprint density at radius 3 is 2.47 bits per heavy atom. The molecule has 10 nitrogen and oxygen atoms in total. The molecule has 0 amide bonds. The molecule has 108 valence electrons. The summed E-state index contributed by atoms with van der Waals surface area (Å²) in [4.78, 5) is 3.71. The van der Waals surface area contributed by atoms with Crippen LogP contribution in [0, 0.1) is 5.41 Å². The standard InChI is InChI=1S/C8H14N6O4.ClH/c9-5(10)6-12-8(11)14(13-6)7-4(17)3(16)2(1-15)18-7;/h2-4,7,15-17H,1H2,(H3,9,10)(H2,11,12,13);1H/t2-,3-,4-,7-;/m1./s1. The summed E-state index contributed by atoms with van der Waals surface area (Å²) in [6, 6.07) is 0. The van der Waals surface area contributed by atoms with E-state index < -0.39 is 31.1 Å². The fourth-order valence-electron chi connectivity index (χ4n) is 1.72. The number of hydrogen-bond donors (Lipinski definition) is 6. The molecule has 0 bridgehead atoms. The van der Waals surface area contributed by atoms with Crippen LogP contribution in [0.4, 0.5) is 5.95 Å². The zero-order chi connectivity index (χ0) is 13.4. The summed E-state index contributed by atoms with van der Waals surface area (Å²) in [5, 5.41) is 39.3. The van der Waals surface area contributed by atoms with Crippen molar-refractivity contribution in [3.8, 4) is 0 Å². The number of amidine groups is 1. The molecule has 1 aromatic heterocycles. The number of anilines is 1. The van der Waals surface area contributed by atoms with Gasteiger partial charge in [-0.25, -0.2) is 0 Å². The second-order valence-electron chi connectivity index (χ2n) is 3.88. The predicted molar refractivity (Wildman–Crippen MR) is 65.7 cm³/mol. The Hall–Kier alpha value is -1.46. The van der Waals surface area contributed by atoms with Crippen molar-refractivity contribution < 1.29 is 20.1 Å². The summed E-state index contributed by atoms with van der Waals surface area (Å²) >= 11 is 0. The van der Waals surface area contributed by atoms with Crippen LogP contribution in [0.25, 0.3) is 0 Å². The van der Waals surface area contributed by atoms with E-state index in [1.807, 2.05) is 0 Å². The Balaban J connectivity index is 0.00000180. The Bertz CT molecular complexity index is 468. The third-order valence-corrected chi connectivity index (χ3v) is 2.66. The van der Waals surface area contributed by atoms with Gasteiger partial charge in [-0.05, 0) is 0 Å². The maximum absolute atomic E-state index is 9.77. The first-order valence-corrected chi connectivity index (χ1v) is 5.14. The summed E-state index contributed by atoms with van der Waals surface area (Å²) < 4.78 is 6.23. The fraction of sp³-hybridized carbons (Fsp3) is 0.625. The molecule has 0 radical (unpaired) electrons. The van der Waals surface area contributed by atoms with Crippen LogP contribution in [0.5, 0.6) is 0 Å². The fourth-order valence-corrected chi connectivity index (χ4v) is 1.72. The maximum Gasteiger partial charge on any atom is 0.221 e. The number of nitrogens with zero attached hydrogens (tertiary/aromatic N) is 3. The smallest absolute Gasteiger partial charge is 0.221 e. The second-order valence-corrected chi connectivity index (χ2v) is 3.88. The van der Waals surface area contributed by atoms with E-state index in [1.165, 1.54) is 0 Å². The van der Waals surface area contributed by atoms with Crippen molar-refractivity contribution in [2.24, 2.45) is 5.73 Å². The normalized spacial score (nSPS) is 30.1. The number of aromatic nitrogens is 3. The van der Waals surface area contributed by atoms with Crippen LogP contribution < -0.4 is 11.5 Å². The molecule has 0 aromatic carbocycles. The second kappa shape index (κ2) is 5.67. The number of hydrogen-bond acceptors (Lipinski definition) is 8. The maximum atomic E-state index is 9.77. The number of rotatable bonds is 3. The minimum Gasteiger partial charge on any atom is -0.394 e. The lowest BCUT2D eigenvalue weighted by Gasteiger charge is -2.15. The van der Waals surface area contributed by atoms with Gasteiger partial charge in [-0.3, -0.25) is 5.41 Å². The molecule has 1 fully saturated rings. The van der Waals surface area contributed by atoms with E-state index in [-0.39, 0.29) is 30.0 Å². The number of aliphatic hydroxyl groups excluding tert-OH is 3. The van der Waals surface area contributed by atoms with Gasteiger partial charge in [0.15, 0.2) is 12.1 Å². The lowest BCUT2D eigenvalue weighted by atomic mass is 10.1. The Morgan fingerprint density at radius 1 is 1.42 bits per heavy atom. The van der Waals surface area contributed by atoms with Crippen LogP contribution >= 0.6 is 12.4 Å². The highest BCUT2D eigenvalue weighted by Crippen LogP contribution is 2.29. The lowest BCUT2D eigenvalue weighted by Crippen LogP contribution is -2.33. The van der Waals surface area contributed by atoms with Gasteiger partial charge in [0.05, 0.1) is 6.61 Å². The topological polar surface area (TPSA) is 177 Å². The van der Waals surface area contributed by atoms with E-state index in [4.69, 9.17) is 26.7 Å². The van der Waals surface area contributed by atoms with Crippen LogP contribution in [0.3, 0.4) is 0 Å². The van der Waals surface area contributed by atoms with Crippen molar-refractivity contribution in [2.75, 3.05) is 12.3 Å². The number of aliphatic hydroxyl groups is 3. The number of nitrogens with two attached hydrogens (primary N) is 2. The average Bonchev–Trinajstić information content (AvgIpc) is 2.83. The average molecular weight is 295 g/mol. The molecule has 1 aliphatic heterocycles. The van der Waals surface area contributed by atoms with Gasteiger partial charge in [-0.1, -0.05) is 0 Å². The largest absolute Gasteiger partial charge is 0.394 e. The first kappa shape index (κ1) is 15.6. The lowest BCUT2D eigenvalue weighted by molar-refractivity contribution is -0.0575. The van der Waals surface area contributed by atoms with Crippen LogP contribution in [0.2, 0.25) is 0 Å². The van der Waals surface area contributed by atoms with Crippen molar-refractivity contribution in [3.63, 3.8) is 0 Å². The Morgan fingerprint density at radius 2 is 2.05 bits per heavy atom. The summed E-state index contributed by atoms with van der Waals surface area (Å²) in [7, 11) is 0. The molecule has 19 heavy (non-hydrogen) atoms. The molecule has 8 N–H and O–H groups in total. The van der Waals surface area contributed by atoms with E-state index >= 15 is 0 Å². The number of halogens is 1. The summed E-state index contributed by atoms with van der Waals surface area (Å²) in [5.41, 5.74) is 10.8. The third kappa shape index (κ3) is 2.62. The van der Waals surface area contributed by atoms with Crippen molar-refractivity contribution in [2.45, 2.75) is 24.5 Å². The third-order valence-electron chi connectivity index (χ3n) is 2.66. The molecular weight excluding hydrogens is 280 g/mol. The Kier molecular flexibility index (Phi) is 4.66. The van der Waals surface area contributed by atoms with Crippen LogP contribution in [-0.2, 0) is 4.74 Å². The zero-order valence-electron chi connectivity index (χ0n) is 9.67. The molecule has 1 aliphatic rings. The molecule has 0 aliphatic carbocycles. The number of ether oxygens (including phenoxy) is 1. The van der Waals surface area contributed by atoms with Crippen molar-refractivity contribution >= 4 is 24.2 Å². The van der Waals surface area contributed by atoms with Crippen molar-refractivity contribution in [3.05, 3.63) is 5.82 Å². The SMILES string of the molecule is Cl.N=C(N)c1nc(N)n([C@@H]2O[C@H](CO)[C@@H](O)[C@H]2O)n1. The van der Waals surface area contributed by atoms with Gasteiger partial charge < -0.3 is 31.5 Å². The van der Waals surface area contributed by atoms with Gasteiger partial charge >= 0.3 is 0 Å². The first-order valence-electron chi connectivity index (χ1n) is 5.14. The molecule has 1 saturated heterocycles. The predicted octanol–water partition coefficient (Wildman–Crippen LogP) is -2.82. The number of nitrogens with one attached hydrogen (secondary N) is 1. The molecule has 0 saturated carbocycles. The zero-order valence-corrected chi connectivity index (χ0v) is 10.5. The van der Waals surface area contributed by atoms with Gasteiger partial charge in [-0.2, -0.15) is 9.67 Å². The summed E-state index contributed by atoms with van der Waals surface area (Å²) in [6.45, 7) is -0.455. The van der Waals surface area contributed by atoms with Crippen LogP contribution in [0.15, 0.2) is 0 Å². The van der Waals surface area contributed by atoms with Crippen molar-refractivity contribution in [1.82, 2.24) is 14.8 Å². The van der Waals surface area contributed by atoms with Gasteiger partial charge in [0, 0.05) is 0 Å². The van der Waals surface area contributed by atoms with Crippen LogP contribution in [-0.4, -0.2) is 60.8 Å². The number of nitrogen functional groups attached to an aromatic ring is 2. The highest BCUT2D eigenvalue weighted by atomic mass is 35.5. The summed E-state index contributed by atoms with van der Waals surface area (Å²) in [6.07, 6.45) is -4.59. The quantitative estimate of drug-likeness (QED) is 0.255. The van der Waals surface area contributed by atoms with Gasteiger partial charge in [-0.15, -0.1) is 17.5 Å². The van der Waals surface area contributed by atoms with Crippen molar-refractivity contribution in [1.29, 1.82) is 5.41 Å². The Labute approximate surface area is 113 Å². The van der Waals surface area contributed by atoms with Gasteiger partial charge in [0.25, 0.3) is 0 Å². The molecule has 11 heteroatoms. The van der Waals surface area contributed by atoms with E-state index in [2.05, 4.69) is 10.1 Å². The summed E-state index contributed by atoms with van der Waals surface area (Å²) in [5.74, 6) is -0.604. The van der Waals surface area contributed by atoms with Crippen LogP contribution in [0.1, 0.15) is 12.1 Å². The highest BCUT2D eigenvalue weighted by Gasteiger charge is 2.44. The minimum absolute atomic E-state index is 0. The first-order chi connectivity index (χ1) is 8.45. The molecule has 4 atom stereocenters. The highest BCUT2D eigenvalue weighted by molar-refractivity contribution is 5.91. The van der Waals surface area contributed by atoms with E-state index in [1.54, 1.807) is 0 Å². The molecule has 0 spiro atoms. The van der Waals surface area contributed by atoms with Gasteiger partial charge in [0.1, 0.15) is 18.3 Å². The van der Waals surface area contributed by atoms with E-state index in [0.29, 0.717) is 0 Å². The monoisotopic (exact) mass is 294 g/mol. The molecule has 1 aromatic rings. The van der Waals surface area contributed by atoms with Gasteiger partial charge in [0.2, 0.25) is 11.8 Å².